The molecule has 30 heavy (non-hydrogen) atoms. The maximum atomic E-state index is 13.0. The van der Waals surface area contributed by atoms with Crippen LogP contribution in [0.1, 0.15) is 18.4 Å². The second kappa shape index (κ2) is 9.02. The summed E-state index contributed by atoms with van der Waals surface area (Å²) in [5.74, 6) is 0.906. The summed E-state index contributed by atoms with van der Waals surface area (Å²) in [6.07, 6.45) is 1.56. The average molecular weight is 423 g/mol. The van der Waals surface area contributed by atoms with Gasteiger partial charge in [0.15, 0.2) is 5.16 Å². The Morgan fingerprint density at radius 2 is 1.83 bits per heavy atom. The van der Waals surface area contributed by atoms with Gasteiger partial charge in [-0.05, 0) is 50.3 Å². The molecule has 0 aliphatic carbocycles. The van der Waals surface area contributed by atoms with Gasteiger partial charge in [-0.15, -0.1) is 0 Å². The summed E-state index contributed by atoms with van der Waals surface area (Å²) in [5.41, 5.74) is 2.83. The molecule has 1 aliphatic rings. The van der Waals surface area contributed by atoms with E-state index < -0.39 is 0 Å². The maximum absolute atomic E-state index is 13.0. The van der Waals surface area contributed by atoms with Crippen molar-refractivity contribution < 1.29 is 4.79 Å². The normalized spacial score (nSPS) is 14.2. The molecule has 156 valence electrons. The number of benzene rings is 2. The Hall–Kier alpha value is -2.64. The third-order valence-electron chi connectivity index (χ3n) is 5.29. The number of nitrogens with zero attached hydrogens (tertiary/aromatic N) is 4. The van der Waals surface area contributed by atoms with E-state index in [1.165, 1.54) is 0 Å². The predicted molar refractivity (Wildman–Crippen MR) is 122 cm³/mol. The molecule has 0 atom stereocenters. The molecule has 0 radical (unpaired) electrons. The molecule has 0 saturated carbocycles. The lowest BCUT2D eigenvalue weighted by Gasteiger charge is -2.17. The second-order valence-corrected chi connectivity index (χ2v) is 8.72. The minimum atomic E-state index is 0.00726. The Labute approximate surface area is 180 Å². The Bertz CT molecular complexity index is 1110. The number of likely N-dealkylation sites (N-methyl/N-ethyl adjacent to an activating group) is 1. The van der Waals surface area contributed by atoms with E-state index in [4.69, 9.17) is 4.98 Å². The van der Waals surface area contributed by atoms with E-state index in [0.717, 1.165) is 41.4 Å². The third kappa shape index (κ3) is 4.42. The Morgan fingerprint density at radius 1 is 1.07 bits per heavy atom. The van der Waals surface area contributed by atoms with E-state index in [1.807, 2.05) is 55.4 Å². The fourth-order valence-electron chi connectivity index (χ4n) is 3.60. The van der Waals surface area contributed by atoms with E-state index in [9.17, 15) is 9.59 Å². The van der Waals surface area contributed by atoms with Gasteiger partial charge in [-0.3, -0.25) is 14.2 Å². The number of fused-ring (bicyclic) bond motifs is 1. The smallest absolute Gasteiger partial charge is 0.262 e. The summed E-state index contributed by atoms with van der Waals surface area (Å²) in [5, 5.41) is 1.39. The van der Waals surface area contributed by atoms with Crippen LogP contribution in [-0.4, -0.2) is 47.5 Å². The zero-order valence-corrected chi connectivity index (χ0v) is 18.2. The van der Waals surface area contributed by atoms with Gasteiger partial charge in [0.1, 0.15) is 0 Å². The summed E-state index contributed by atoms with van der Waals surface area (Å²) in [6.45, 7) is 2.17. The molecule has 0 spiro atoms. The lowest BCUT2D eigenvalue weighted by molar-refractivity contribution is -0.117. The summed E-state index contributed by atoms with van der Waals surface area (Å²) >= 11 is 1.57. The van der Waals surface area contributed by atoms with Crippen LogP contribution in [0.4, 0.5) is 5.69 Å². The molecule has 7 heteroatoms. The lowest BCUT2D eigenvalue weighted by atomic mass is 10.2. The third-order valence-corrected chi connectivity index (χ3v) is 6.33. The molecule has 2 heterocycles. The Kier molecular flexibility index (Phi) is 6.20. The first-order valence-corrected chi connectivity index (χ1v) is 11.2. The standard InChI is InChI=1S/C23H26N4O2S/c1-25(2)14-15-27-22(29)19-6-3-4-7-20(19)24-23(27)30-16-17-9-11-18(12-10-17)26-13-5-8-21(26)28/h3-4,6-7,9-12H,5,8,13-16H2,1-2H3. The van der Waals surface area contributed by atoms with Crippen LogP contribution < -0.4 is 10.5 Å². The number of carbonyl (C=O) groups is 1. The van der Waals surface area contributed by atoms with Crippen molar-refractivity contribution in [3.8, 4) is 0 Å². The van der Waals surface area contributed by atoms with Gasteiger partial charge in [0.05, 0.1) is 10.9 Å². The van der Waals surface area contributed by atoms with Crippen LogP contribution in [0.5, 0.6) is 0 Å². The van der Waals surface area contributed by atoms with Crippen LogP contribution in [0.25, 0.3) is 10.9 Å². The molecule has 6 nitrogen and oxygen atoms in total. The average Bonchev–Trinajstić information content (AvgIpc) is 3.18. The van der Waals surface area contributed by atoms with Gasteiger partial charge >= 0.3 is 0 Å². The van der Waals surface area contributed by atoms with Gasteiger partial charge in [0.25, 0.3) is 5.56 Å². The molecule has 1 aromatic heterocycles. The fourth-order valence-corrected chi connectivity index (χ4v) is 4.58. The number of thioether (sulfide) groups is 1. The van der Waals surface area contributed by atoms with E-state index >= 15 is 0 Å². The van der Waals surface area contributed by atoms with E-state index in [0.29, 0.717) is 24.1 Å². The maximum Gasteiger partial charge on any atom is 0.262 e. The molecule has 1 fully saturated rings. The van der Waals surface area contributed by atoms with Crippen molar-refractivity contribution in [1.29, 1.82) is 0 Å². The number of aromatic nitrogens is 2. The minimum absolute atomic E-state index is 0.00726. The molecule has 0 unspecified atom stereocenters. The van der Waals surface area contributed by atoms with Crippen molar-refractivity contribution in [2.45, 2.75) is 30.3 Å². The number of amides is 1. The highest BCUT2D eigenvalue weighted by Gasteiger charge is 2.21. The van der Waals surface area contributed by atoms with Crippen LogP contribution in [0.15, 0.2) is 58.5 Å². The lowest BCUT2D eigenvalue weighted by Crippen LogP contribution is -2.28. The van der Waals surface area contributed by atoms with Gasteiger partial charge in [-0.25, -0.2) is 4.98 Å². The van der Waals surface area contributed by atoms with Crippen molar-refractivity contribution in [2.75, 3.05) is 32.1 Å². The first kappa shape index (κ1) is 20.6. The highest BCUT2D eigenvalue weighted by atomic mass is 32.2. The monoisotopic (exact) mass is 422 g/mol. The summed E-state index contributed by atoms with van der Waals surface area (Å²) < 4.78 is 1.78. The van der Waals surface area contributed by atoms with Crippen LogP contribution in [0.3, 0.4) is 0 Å². The molecule has 1 aliphatic heterocycles. The molecule has 3 aromatic rings. The summed E-state index contributed by atoms with van der Waals surface area (Å²) in [4.78, 5) is 33.7. The SMILES string of the molecule is CN(C)CCn1c(SCc2ccc(N3CCCC3=O)cc2)nc2ccccc2c1=O. The number of para-hydroxylation sites is 1. The highest BCUT2D eigenvalue weighted by molar-refractivity contribution is 7.98. The minimum Gasteiger partial charge on any atom is -0.312 e. The molecule has 1 saturated heterocycles. The molecule has 0 bridgehead atoms. The Balaban J connectivity index is 1.56. The largest absolute Gasteiger partial charge is 0.312 e. The first-order valence-electron chi connectivity index (χ1n) is 10.2. The van der Waals surface area contributed by atoms with Crippen molar-refractivity contribution in [3.63, 3.8) is 0 Å². The van der Waals surface area contributed by atoms with Gasteiger partial charge < -0.3 is 9.80 Å². The summed E-state index contributed by atoms with van der Waals surface area (Å²) in [7, 11) is 4.00. The summed E-state index contributed by atoms with van der Waals surface area (Å²) in [6, 6.07) is 15.6. The number of carbonyl (C=O) groups excluding carboxylic acids is 1. The van der Waals surface area contributed by atoms with E-state index in [2.05, 4.69) is 17.0 Å². The zero-order chi connectivity index (χ0) is 21.1. The molecular weight excluding hydrogens is 396 g/mol. The van der Waals surface area contributed by atoms with Gasteiger partial charge in [0.2, 0.25) is 5.91 Å². The number of hydrogen-bond donors (Lipinski definition) is 0. The molecule has 0 N–H and O–H groups in total. The molecular formula is C23H26N4O2S. The quantitative estimate of drug-likeness (QED) is 0.432. The number of rotatable bonds is 7. The Morgan fingerprint density at radius 3 is 2.53 bits per heavy atom. The predicted octanol–water partition coefficient (Wildman–Crippen LogP) is 3.38. The van der Waals surface area contributed by atoms with Crippen molar-refractivity contribution >= 4 is 34.3 Å². The van der Waals surface area contributed by atoms with Crippen LogP contribution >= 0.6 is 11.8 Å². The second-order valence-electron chi connectivity index (χ2n) is 7.78. The fraction of sp³-hybridized carbons (Fsp3) is 0.348. The van der Waals surface area contributed by atoms with E-state index in [-0.39, 0.29) is 11.5 Å². The zero-order valence-electron chi connectivity index (χ0n) is 17.4. The van der Waals surface area contributed by atoms with Crippen LogP contribution in [0, 0.1) is 0 Å². The van der Waals surface area contributed by atoms with Crippen molar-refractivity contribution in [3.05, 3.63) is 64.4 Å². The first-order chi connectivity index (χ1) is 14.5. The molecule has 4 rings (SSSR count). The van der Waals surface area contributed by atoms with Crippen molar-refractivity contribution in [1.82, 2.24) is 14.5 Å². The van der Waals surface area contributed by atoms with E-state index in [1.54, 1.807) is 16.3 Å². The number of anilines is 1. The number of hydrogen-bond acceptors (Lipinski definition) is 5. The van der Waals surface area contributed by atoms with Gasteiger partial charge in [0, 0.05) is 37.5 Å². The highest BCUT2D eigenvalue weighted by Crippen LogP contribution is 2.25. The molecule has 1 amide bonds. The topological polar surface area (TPSA) is 58.4 Å². The van der Waals surface area contributed by atoms with Gasteiger partial charge in [-0.2, -0.15) is 0 Å². The van der Waals surface area contributed by atoms with Gasteiger partial charge in [-0.1, -0.05) is 36.0 Å². The van der Waals surface area contributed by atoms with Crippen LogP contribution in [-0.2, 0) is 17.1 Å². The molecule has 2 aromatic carbocycles. The van der Waals surface area contributed by atoms with Crippen molar-refractivity contribution in [2.24, 2.45) is 0 Å². The van der Waals surface area contributed by atoms with Crippen LogP contribution in [0.2, 0.25) is 0 Å².